The largest absolute Gasteiger partial charge is 0.396 e. The van der Waals surface area contributed by atoms with Crippen LogP contribution in [-0.2, 0) is 0 Å². The first-order valence-corrected chi connectivity index (χ1v) is 9.41. The minimum absolute atomic E-state index is 0.277. The molecule has 0 aliphatic heterocycles. The van der Waals surface area contributed by atoms with Crippen LogP contribution in [0.5, 0.6) is 0 Å². The summed E-state index contributed by atoms with van der Waals surface area (Å²) in [4.78, 5) is 0. The summed E-state index contributed by atoms with van der Waals surface area (Å²) in [5, 5.41) is 11.8. The minimum Gasteiger partial charge on any atom is -0.396 e. The zero-order valence-corrected chi connectivity index (χ0v) is 14.4. The molecule has 0 saturated carbocycles. The second kappa shape index (κ2) is 19.5. The smallest absolute Gasteiger partial charge is 0.0447 e. The maximum Gasteiger partial charge on any atom is 0.0447 e. The Kier molecular flexibility index (Phi) is 19.0. The molecule has 0 heterocycles. The molecule has 0 aromatic rings. The fourth-order valence-electron chi connectivity index (χ4n) is 2.53. The van der Waals surface area contributed by atoms with Crippen LogP contribution in [0.25, 0.3) is 0 Å². The van der Waals surface area contributed by atoms with Crippen LogP contribution in [0.1, 0.15) is 96.8 Å². The molecule has 2 N–H and O–H groups in total. The van der Waals surface area contributed by atoms with E-state index in [0.717, 1.165) is 13.0 Å². The van der Waals surface area contributed by atoms with Crippen LogP contribution in [0.4, 0.5) is 0 Å². The van der Waals surface area contributed by atoms with E-state index < -0.39 is 0 Å². The summed E-state index contributed by atoms with van der Waals surface area (Å²) >= 11 is 0. The first kappa shape index (κ1) is 20.5. The van der Waals surface area contributed by atoms with Gasteiger partial charge in [0.05, 0.1) is 0 Å². The molecule has 0 spiro atoms. The van der Waals surface area contributed by atoms with Gasteiger partial charge in [-0.2, -0.15) is 0 Å². The lowest BCUT2D eigenvalue weighted by Crippen LogP contribution is -2.07. The molecule has 0 aromatic heterocycles. The highest BCUT2D eigenvalue weighted by molar-refractivity contribution is 4.78. The number of rotatable bonds is 17. The fourth-order valence-corrected chi connectivity index (χ4v) is 2.53. The molecule has 21 heavy (non-hydrogen) atoms. The first-order chi connectivity index (χ1) is 10.4. The quantitative estimate of drug-likeness (QED) is 0.344. The van der Waals surface area contributed by atoms with Crippen LogP contribution in [-0.4, -0.2) is 18.3 Å². The topological polar surface area (TPSA) is 32.3 Å². The second-order valence-electron chi connectivity index (χ2n) is 6.11. The highest BCUT2D eigenvalue weighted by Crippen LogP contribution is 2.12. The Hall–Kier alpha value is -0.500. The van der Waals surface area contributed by atoms with Gasteiger partial charge < -0.3 is 10.4 Å². The van der Waals surface area contributed by atoms with Crippen LogP contribution in [0.3, 0.4) is 0 Å². The molecule has 0 aliphatic carbocycles. The summed E-state index contributed by atoms with van der Waals surface area (Å²) in [5.74, 6) is 0. The van der Waals surface area contributed by atoms with Crippen molar-refractivity contribution in [3.8, 4) is 0 Å². The van der Waals surface area contributed by atoms with E-state index >= 15 is 0 Å². The normalized spacial score (nSPS) is 11.3. The third-order valence-electron chi connectivity index (χ3n) is 3.94. The lowest BCUT2D eigenvalue weighted by atomic mass is 10.0. The molecule has 0 atom stereocenters. The van der Waals surface area contributed by atoms with Crippen molar-refractivity contribution in [2.45, 2.75) is 96.8 Å². The Morgan fingerprint density at radius 1 is 0.714 bits per heavy atom. The molecule has 2 nitrogen and oxygen atoms in total. The van der Waals surface area contributed by atoms with Gasteiger partial charge in [-0.25, -0.2) is 0 Å². The van der Waals surface area contributed by atoms with Gasteiger partial charge in [-0.3, -0.25) is 0 Å². The van der Waals surface area contributed by atoms with Gasteiger partial charge in [0.15, 0.2) is 0 Å². The Morgan fingerprint density at radius 3 is 1.76 bits per heavy atom. The number of nitrogens with one attached hydrogen (secondary N) is 1. The second-order valence-corrected chi connectivity index (χ2v) is 6.11. The molecule has 0 unspecified atom stereocenters. The van der Waals surface area contributed by atoms with Crippen LogP contribution >= 0.6 is 0 Å². The van der Waals surface area contributed by atoms with Crippen LogP contribution in [0, 0.1) is 0 Å². The van der Waals surface area contributed by atoms with Crippen molar-refractivity contribution in [1.82, 2.24) is 5.32 Å². The average Bonchev–Trinajstić information content (AvgIpc) is 2.50. The van der Waals surface area contributed by atoms with E-state index in [1.807, 2.05) is 6.20 Å². The van der Waals surface area contributed by atoms with E-state index in [4.69, 9.17) is 5.11 Å². The number of unbranched alkanes of at least 4 members (excludes halogenated alkanes) is 12. The van der Waals surface area contributed by atoms with E-state index in [0.29, 0.717) is 0 Å². The molecule has 0 bridgehead atoms. The van der Waals surface area contributed by atoms with Crippen molar-refractivity contribution < 1.29 is 5.11 Å². The highest BCUT2D eigenvalue weighted by Gasteiger charge is 1.92. The predicted octanol–water partition coefficient (Wildman–Crippen LogP) is 5.56. The molecule has 0 saturated heterocycles. The molecular formula is C19H39NO. The van der Waals surface area contributed by atoms with Crippen molar-refractivity contribution in [2.24, 2.45) is 0 Å². The molecule has 0 aliphatic rings. The number of aliphatic hydroxyl groups is 1. The summed E-state index contributed by atoms with van der Waals surface area (Å²) in [6, 6.07) is 0. The summed E-state index contributed by atoms with van der Waals surface area (Å²) < 4.78 is 0. The standard InChI is InChI=1S/C19H39NO/c1-2-3-4-5-6-7-8-9-10-11-12-13-14-15-17-20-18-16-19-21/h15,17,20-21H,2-14,16,18-19H2,1H3. The van der Waals surface area contributed by atoms with Crippen molar-refractivity contribution in [1.29, 1.82) is 0 Å². The zero-order chi connectivity index (χ0) is 15.4. The number of allylic oxidation sites excluding steroid dienone is 1. The Morgan fingerprint density at radius 2 is 1.24 bits per heavy atom. The summed E-state index contributed by atoms with van der Waals surface area (Å²) in [6.45, 7) is 3.44. The predicted molar refractivity (Wildman–Crippen MR) is 94.5 cm³/mol. The van der Waals surface area contributed by atoms with Gasteiger partial charge in [-0.15, -0.1) is 0 Å². The van der Waals surface area contributed by atoms with E-state index in [1.165, 1.54) is 83.5 Å². The Balaban J connectivity index is 2.99. The van der Waals surface area contributed by atoms with Crippen molar-refractivity contribution in [3.05, 3.63) is 12.3 Å². The Labute approximate surface area is 133 Å². The molecular weight excluding hydrogens is 258 g/mol. The lowest BCUT2D eigenvalue weighted by Gasteiger charge is -2.02. The maximum absolute atomic E-state index is 8.63. The average molecular weight is 298 g/mol. The van der Waals surface area contributed by atoms with Gasteiger partial charge >= 0.3 is 0 Å². The SMILES string of the molecule is CCCCCCCCCCCCCCC=CNCCCO. The minimum atomic E-state index is 0.277. The monoisotopic (exact) mass is 297 g/mol. The van der Waals surface area contributed by atoms with E-state index in [1.54, 1.807) is 0 Å². The summed E-state index contributed by atoms with van der Waals surface area (Å²) in [5.41, 5.74) is 0. The molecule has 0 rings (SSSR count). The lowest BCUT2D eigenvalue weighted by molar-refractivity contribution is 0.288. The highest BCUT2D eigenvalue weighted by atomic mass is 16.3. The van der Waals surface area contributed by atoms with Crippen molar-refractivity contribution >= 4 is 0 Å². The van der Waals surface area contributed by atoms with Gasteiger partial charge in [-0.05, 0) is 25.5 Å². The summed E-state index contributed by atoms with van der Waals surface area (Å²) in [7, 11) is 0. The van der Waals surface area contributed by atoms with E-state index in [9.17, 15) is 0 Å². The number of aliphatic hydroxyl groups excluding tert-OH is 1. The van der Waals surface area contributed by atoms with E-state index in [2.05, 4.69) is 18.3 Å². The van der Waals surface area contributed by atoms with Gasteiger partial charge in [0, 0.05) is 13.2 Å². The third-order valence-corrected chi connectivity index (χ3v) is 3.94. The maximum atomic E-state index is 8.63. The first-order valence-electron chi connectivity index (χ1n) is 9.41. The third kappa shape index (κ3) is 19.5. The number of hydrogen-bond acceptors (Lipinski definition) is 2. The van der Waals surface area contributed by atoms with Gasteiger partial charge in [-0.1, -0.05) is 83.6 Å². The molecule has 0 radical (unpaired) electrons. The fraction of sp³-hybridized carbons (Fsp3) is 0.895. The van der Waals surface area contributed by atoms with Crippen LogP contribution in [0.2, 0.25) is 0 Å². The van der Waals surface area contributed by atoms with Gasteiger partial charge in [0.1, 0.15) is 0 Å². The van der Waals surface area contributed by atoms with Gasteiger partial charge in [0.2, 0.25) is 0 Å². The number of hydrogen-bond donors (Lipinski definition) is 2. The molecule has 126 valence electrons. The molecule has 2 heteroatoms. The Bertz CT molecular complexity index is 204. The van der Waals surface area contributed by atoms with Crippen LogP contribution < -0.4 is 5.32 Å². The van der Waals surface area contributed by atoms with Gasteiger partial charge in [0.25, 0.3) is 0 Å². The molecule has 0 fully saturated rings. The van der Waals surface area contributed by atoms with Crippen molar-refractivity contribution in [2.75, 3.05) is 13.2 Å². The van der Waals surface area contributed by atoms with Crippen LogP contribution in [0.15, 0.2) is 12.3 Å². The van der Waals surface area contributed by atoms with Crippen molar-refractivity contribution in [3.63, 3.8) is 0 Å². The molecule has 0 amide bonds. The van der Waals surface area contributed by atoms with E-state index in [-0.39, 0.29) is 6.61 Å². The summed E-state index contributed by atoms with van der Waals surface area (Å²) in [6.07, 6.45) is 23.2. The molecule has 0 aromatic carbocycles. The zero-order valence-electron chi connectivity index (χ0n) is 14.4.